The smallest absolute Gasteiger partial charge is 0.230 e. The molecule has 1 aliphatic carbocycles. The number of nitrogens with zero attached hydrogens (tertiary/aromatic N) is 1. The van der Waals surface area contributed by atoms with Gasteiger partial charge in [-0.15, -0.1) is 0 Å². The molecule has 0 aliphatic heterocycles. The summed E-state index contributed by atoms with van der Waals surface area (Å²) in [4.78, 5) is 28.9. The van der Waals surface area contributed by atoms with Crippen molar-refractivity contribution in [2.24, 2.45) is 0 Å². The van der Waals surface area contributed by atoms with Crippen molar-refractivity contribution in [1.29, 1.82) is 0 Å². The molecule has 0 atom stereocenters. The van der Waals surface area contributed by atoms with Gasteiger partial charge in [-0.1, -0.05) is 41.2 Å². The third-order valence-electron chi connectivity index (χ3n) is 3.46. The molecule has 0 radical (unpaired) electrons. The largest absolute Gasteiger partial charge is 0.302 e. The van der Waals surface area contributed by atoms with Crippen LogP contribution in [0, 0.1) is 6.92 Å². The molecule has 4 nitrogen and oxygen atoms in total. The zero-order valence-electron chi connectivity index (χ0n) is 11.8. The zero-order valence-corrected chi connectivity index (χ0v) is 12.6. The van der Waals surface area contributed by atoms with E-state index in [2.05, 4.69) is 10.3 Å². The molecule has 1 aliphatic rings. The fraction of sp³-hybridized carbons (Fsp3) is 0.312. The number of anilines is 1. The Hall–Kier alpha value is -2.01. The molecule has 2 aromatic rings. The highest BCUT2D eigenvalue weighted by atomic mass is 32.1. The van der Waals surface area contributed by atoms with E-state index in [0.29, 0.717) is 22.9 Å². The van der Waals surface area contributed by atoms with E-state index in [1.165, 1.54) is 11.3 Å². The predicted molar refractivity (Wildman–Crippen MR) is 82.9 cm³/mol. The van der Waals surface area contributed by atoms with Crippen molar-refractivity contribution >= 4 is 28.2 Å². The van der Waals surface area contributed by atoms with Crippen molar-refractivity contribution in [2.75, 3.05) is 5.32 Å². The number of amides is 1. The maximum atomic E-state index is 12.1. The molecule has 0 saturated heterocycles. The molecular weight excluding hydrogens is 284 g/mol. The van der Waals surface area contributed by atoms with E-state index < -0.39 is 0 Å². The summed E-state index contributed by atoms with van der Waals surface area (Å²) in [7, 11) is 0. The number of aromatic nitrogens is 1. The third kappa shape index (κ3) is 3.19. The Kier molecular flexibility index (Phi) is 3.84. The summed E-state index contributed by atoms with van der Waals surface area (Å²) in [5.74, 6) is 0.0482. The number of carbonyl (C=O) groups excluding carboxylic acids is 2. The van der Waals surface area contributed by atoms with Gasteiger partial charge >= 0.3 is 0 Å². The van der Waals surface area contributed by atoms with Gasteiger partial charge in [0.1, 0.15) is 0 Å². The number of fused-ring (bicyclic) bond motifs is 1. The second kappa shape index (κ2) is 5.77. The number of ketones is 1. The van der Waals surface area contributed by atoms with Crippen LogP contribution in [-0.2, 0) is 17.6 Å². The number of Topliss-reactive ketones (excluding diaryl/α,β-unsaturated/α-hetero) is 1. The van der Waals surface area contributed by atoms with Crippen LogP contribution in [0.5, 0.6) is 0 Å². The second-order valence-corrected chi connectivity index (χ2v) is 6.28. The van der Waals surface area contributed by atoms with Gasteiger partial charge in [-0.2, -0.15) is 0 Å². The molecule has 0 fully saturated rings. The molecule has 5 heteroatoms. The first-order valence-corrected chi connectivity index (χ1v) is 7.82. The number of benzene rings is 1. The molecule has 108 valence electrons. The highest BCUT2D eigenvalue weighted by molar-refractivity contribution is 7.17. The van der Waals surface area contributed by atoms with Gasteiger partial charge in [-0.25, -0.2) is 4.98 Å². The molecule has 0 spiro atoms. The number of hydrogen-bond acceptors (Lipinski definition) is 4. The molecule has 1 N–H and O–H groups in total. The van der Waals surface area contributed by atoms with E-state index in [-0.39, 0.29) is 11.7 Å². The first-order valence-electron chi connectivity index (χ1n) is 7.00. The Morgan fingerprint density at radius 3 is 3.00 bits per heavy atom. The van der Waals surface area contributed by atoms with Crippen LogP contribution in [0.2, 0.25) is 0 Å². The maximum Gasteiger partial charge on any atom is 0.230 e. The minimum Gasteiger partial charge on any atom is -0.302 e. The van der Waals surface area contributed by atoms with Crippen molar-refractivity contribution in [3.05, 3.63) is 46.0 Å². The Morgan fingerprint density at radius 1 is 1.38 bits per heavy atom. The fourth-order valence-electron chi connectivity index (χ4n) is 2.49. The highest BCUT2D eigenvalue weighted by Gasteiger charge is 2.22. The van der Waals surface area contributed by atoms with Gasteiger partial charge in [0.25, 0.3) is 0 Å². The molecule has 1 aromatic carbocycles. The lowest BCUT2D eigenvalue weighted by molar-refractivity contribution is -0.115. The highest BCUT2D eigenvalue weighted by Crippen LogP contribution is 2.29. The van der Waals surface area contributed by atoms with Crippen LogP contribution in [0.1, 0.15) is 39.3 Å². The molecule has 1 heterocycles. The van der Waals surface area contributed by atoms with Crippen LogP contribution < -0.4 is 5.32 Å². The molecule has 21 heavy (non-hydrogen) atoms. The molecule has 1 amide bonds. The third-order valence-corrected chi connectivity index (χ3v) is 4.52. The minimum atomic E-state index is -0.0980. The molecule has 3 rings (SSSR count). The molecular formula is C16H16N2O2S. The van der Waals surface area contributed by atoms with E-state index in [1.54, 1.807) is 0 Å². The van der Waals surface area contributed by atoms with Gasteiger partial charge in [0.2, 0.25) is 5.91 Å². The summed E-state index contributed by atoms with van der Waals surface area (Å²) in [5.41, 5.74) is 2.95. The number of hydrogen-bond donors (Lipinski definition) is 1. The Bertz CT molecular complexity index is 706. The van der Waals surface area contributed by atoms with Crippen LogP contribution >= 0.6 is 11.3 Å². The summed E-state index contributed by atoms with van der Waals surface area (Å²) in [6.45, 7) is 2.00. The molecule has 0 bridgehead atoms. The molecule has 0 unspecified atom stereocenters. The lowest BCUT2D eigenvalue weighted by Gasteiger charge is -2.05. The summed E-state index contributed by atoms with van der Waals surface area (Å²) in [6, 6.07) is 7.87. The number of nitrogens with one attached hydrogen (secondary N) is 1. The van der Waals surface area contributed by atoms with Crippen molar-refractivity contribution in [1.82, 2.24) is 4.98 Å². The fourth-order valence-corrected chi connectivity index (χ4v) is 3.49. The van der Waals surface area contributed by atoms with Crippen molar-refractivity contribution in [3.63, 3.8) is 0 Å². The standard InChI is InChI=1S/C16H16N2O2S/c1-10-4-2-5-11(8-10)9-14(20)18-16-17-12-6-3-7-13(19)15(12)21-16/h2,4-5,8H,3,6-7,9H2,1H3,(H,17,18,20). The van der Waals surface area contributed by atoms with Gasteiger partial charge < -0.3 is 5.32 Å². The van der Waals surface area contributed by atoms with Crippen LogP contribution in [0.15, 0.2) is 24.3 Å². The second-order valence-electron chi connectivity index (χ2n) is 5.29. The van der Waals surface area contributed by atoms with Gasteiger partial charge in [0, 0.05) is 6.42 Å². The Morgan fingerprint density at radius 2 is 2.24 bits per heavy atom. The van der Waals surface area contributed by atoms with E-state index in [0.717, 1.165) is 29.7 Å². The Labute approximate surface area is 127 Å². The predicted octanol–water partition coefficient (Wildman–Crippen LogP) is 3.15. The quantitative estimate of drug-likeness (QED) is 0.947. The first-order chi connectivity index (χ1) is 10.1. The van der Waals surface area contributed by atoms with Crippen LogP contribution in [0.4, 0.5) is 5.13 Å². The number of thiazole rings is 1. The van der Waals surface area contributed by atoms with Crippen LogP contribution in [-0.4, -0.2) is 16.7 Å². The summed E-state index contributed by atoms with van der Waals surface area (Å²) in [6.07, 6.45) is 2.59. The SMILES string of the molecule is Cc1cccc(CC(=O)Nc2nc3c(s2)C(=O)CCC3)c1. The number of rotatable bonds is 3. The summed E-state index contributed by atoms with van der Waals surface area (Å²) >= 11 is 1.29. The average molecular weight is 300 g/mol. The number of carbonyl (C=O) groups is 2. The average Bonchev–Trinajstić information content (AvgIpc) is 2.82. The van der Waals surface area contributed by atoms with E-state index in [9.17, 15) is 9.59 Å². The van der Waals surface area contributed by atoms with Gasteiger partial charge in [0.15, 0.2) is 10.9 Å². The first kappa shape index (κ1) is 13.9. The maximum absolute atomic E-state index is 12.1. The van der Waals surface area contributed by atoms with E-state index in [4.69, 9.17) is 0 Å². The topological polar surface area (TPSA) is 59.1 Å². The summed E-state index contributed by atoms with van der Waals surface area (Å²) < 4.78 is 0. The van der Waals surface area contributed by atoms with Crippen molar-refractivity contribution in [3.8, 4) is 0 Å². The lowest BCUT2D eigenvalue weighted by atomic mass is 10.0. The van der Waals surface area contributed by atoms with Crippen molar-refractivity contribution in [2.45, 2.75) is 32.6 Å². The minimum absolute atomic E-state index is 0.0980. The summed E-state index contributed by atoms with van der Waals surface area (Å²) in [5, 5.41) is 3.34. The lowest BCUT2D eigenvalue weighted by Crippen LogP contribution is -2.14. The van der Waals surface area contributed by atoms with Gasteiger partial charge in [-0.05, 0) is 25.3 Å². The van der Waals surface area contributed by atoms with Crippen LogP contribution in [0.25, 0.3) is 0 Å². The monoisotopic (exact) mass is 300 g/mol. The zero-order chi connectivity index (χ0) is 14.8. The van der Waals surface area contributed by atoms with Gasteiger partial charge in [0.05, 0.1) is 17.0 Å². The van der Waals surface area contributed by atoms with Crippen molar-refractivity contribution < 1.29 is 9.59 Å². The molecule has 0 saturated carbocycles. The van der Waals surface area contributed by atoms with E-state index >= 15 is 0 Å². The number of aryl methyl sites for hydroxylation is 2. The van der Waals surface area contributed by atoms with E-state index in [1.807, 2.05) is 31.2 Å². The Balaban J connectivity index is 1.69. The van der Waals surface area contributed by atoms with Crippen LogP contribution in [0.3, 0.4) is 0 Å². The molecule has 1 aromatic heterocycles. The normalized spacial score (nSPS) is 13.9. The van der Waals surface area contributed by atoms with Gasteiger partial charge in [-0.3, -0.25) is 9.59 Å².